The van der Waals surface area contributed by atoms with Gasteiger partial charge in [-0.3, -0.25) is 20.4 Å². The molecule has 0 unspecified atom stereocenters. The first-order chi connectivity index (χ1) is 53.8. The van der Waals surface area contributed by atoms with Gasteiger partial charge in [-0.05, 0) is 134 Å². The average Bonchev–Trinajstić information content (AvgIpc) is 1.46. The monoisotopic (exact) mass is 1570 g/mol. The molecular weight excluding hydrogens is 1510 g/mol. The highest BCUT2D eigenvalue weighted by atomic mass is 35.5. The SMILES string of the molecule is Cc1nc(-c2ccccc2C(F)(F)F)nc(Nc2n[nH]c3c(F)cc(F)cc23)c1C.Cc1nc(-c2ccccc2C(F)(F)F)nc(Nc2n[nH]c3c(F)cccc23)c1C.Cc1nc(-c2ccccc2C(F)(F)F)nc(Nc2n[nH]c3ccc(F)cc23)c1C.Cc1nc(-c2ccccc2Cl)nc(Nc2n[nH]c3ccccc23)c1C. The van der Waals surface area contributed by atoms with Gasteiger partial charge in [-0.15, -0.1) is 0 Å². The molecular formula is C79H60ClF13N20. The number of aromatic nitrogens is 16. The number of aromatic amines is 4. The molecule has 8 N–H and O–H groups in total. The number of aryl methyl sites for hydroxylation is 4. The van der Waals surface area contributed by atoms with Gasteiger partial charge in [0.1, 0.15) is 51.8 Å². The minimum atomic E-state index is -4.58. The number of alkyl halides is 9. The van der Waals surface area contributed by atoms with Gasteiger partial charge in [-0.1, -0.05) is 96.5 Å². The minimum Gasteiger partial charge on any atom is -0.323 e. The van der Waals surface area contributed by atoms with Crippen molar-refractivity contribution < 1.29 is 57.1 Å². The molecule has 0 saturated carbocycles. The lowest BCUT2D eigenvalue weighted by Crippen LogP contribution is -2.09. The largest absolute Gasteiger partial charge is 0.417 e. The van der Waals surface area contributed by atoms with E-state index in [0.29, 0.717) is 84.2 Å². The zero-order valence-corrected chi connectivity index (χ0v) is 61.1. The number of para-hydroxylation sites is 2. The van der Waals surface area contributed by atoms with E-state index in [-0.39, 0.29) is 62.2 Å². The molecule has 0 aliphatic heterocycles. The standard InChI is InChI=1S/C20H14F5N5.2C20H15F4N5.C19H16ClN5/c1-9-10(2)26-18(12-5-3-4-6-14(12)20(23,24)25)27-17(9)28-19-13-7-11(21)8-15(22)16(13)29-30-19;1-10-11(2)25-18(12-6-3-4-8-14(12)20(22,23)24)26-17(10)27-19-13-7-5-9-15(21)16(13)28-29-19;1-10-11(2)25-18(13-5-3-4-6-15(13)20(22,23)24)26-17(10)27-19-14-9-12(21)7-8-16(14)28-29-19;1-11-12(2)21-18(13-7-3-5-9-15(13)20)22-17(11)23-19-14-8-4-6-10-16(14)24-25-19/h3-8H,1-2H3,(H2,26,27,28,29,30);2*3-9H,1-2H3,(H2,25,26,27,28,29);3-10H,1-2H3,(H2,21,22,23,24,25). The molecule has 0 radical (unpaired) electrons. The Morgan fingerprint density at radius 1 is 0.292 bits per heavy atom. The molecule has 8 aromatic carbocycles. The van der Waals surface area contributed by atoms with Gasteiger partial charge >= 0.3 is 18.5 Å². The number of nitrogens with zero attached hydrogens (tertiary/aromatic N) is 12. The highest BCUT2D eigenvalue weighted by Crippen LogP contribution is 2.42. The van der Waals surface area contributed by atoms with E-state index < -0.39 is 58.5 Å². The van der Waals surface area contributed by atoms with Crippen molar-refractivity contribution >= 4 is 102 Å². The maximum atomic E-state index is 13.9. The van der Waals surface area contributed by atoms with E-state index in [4.69, 9.17) is 11.6 Å². The molecule has 574 valence electrons. The number of nitrogens with one attached hydrogen (secondary N) is 8. The second-order valence-corrected chi connectivity index (χ2v) is 25.9. The molecule has 8 heterocycles. The predicted molar refractivity (Wildman–Crippen MR) is 405 cm³/mol. The molecule has 34 heteroatoms. The fraction of sp³-hybridized carbons (Fsp3) is 0.139. The van der Waals surface area contributed by atoms with Crippen LogP contribution in [0.4, 0.5) is 104 Å². The van der Waals surface area contributed by atoms with Crippen molar-refractivity contribution in [3.8, 4) is 45.6 Å². The number of hydrogen-bond donors (Lipinski definition) is 8. The van der Waals surface area contributed by atoms with Crippen molar-refractivity contribution in [1.29, 1.82) is 0 Å². The van der Waals surface area contributed by atoms with Crippen LogP contribution in [0.1, 0.15) is 61.7 Å². The molecule has 16 rings (SSSR count). The Hall–Kier alpha value is -13.5. The van der Waals surface area contributed by atoms with Crippen molar-refractivity contribution in [1.82, 2.24) is 80.7 Å². The summed E-state index contributed by atoms with van der Waals surface area (Å²) in [4.78, 5) is 34.8. The van der Waals surface area contributed by atoms with Crippen LogP contribution in [0.5, 0.6) is 0 Å². The average molecular weight is 1570 g/mol. The second kappa shape index (κ2) is 31.5. The number of H-pyrrole nitrogens is 4. The van der Waals surface area contributed by atoms with Crippen LogP contribution in [-0.2, 0) is 18.5 Å². The smallest absolute Gasteiger partial charge is 0.323 e. The maximum Gasteiger partial charge on any atom is 0.417 e. The van der Waals surface area contributed by atoms with Crippen LogP contribution in [0.2, 0.25) is 5.02 Å². The van der Waals surface area contributed by atoms with Crippen molar-refractivity contribution in [3.63, 3.8) is 0 Å². The summed E-state index contributed by atoms with van der Waals surface area (Å²) in [6.45, 7) is 14.1. The molecule has 0 atom stereocenters. The summed E-state index contributed by atoms with van der Waals surface area (Å²) >= 11 is 6.31. The molecule has 20 nitrogen and oxygen atoms in total. The summed E-state index contributed by atoms with van der Waals surface area (Å²) in [5, 5.41) is 42.3. The molecule has 16 aromatic rings. The third-order valence-corrected chi connectivity index (χ3v) is 18.5. The number of anilines is 8. The highest BCUT2D eigenvalue weighted by Gasteiger charge is 2.37. The summed E-state index contributed by atoms with van der Waals surface area (Å²) in [5.41, 5.74) is 4.86. The third kappa shape index (κ3) is 16.7. The fourth-order valence-electron chi connectivity index (χ4n) is 11.7. The lowest BCUT2D eigenvalue weighted by atomic mass is 10.1. The van der Waals surface area contributed by atoms with E-state index in [0.717, 1.165) is 69.7 Å². The first kappa shape index (κ1) is 77.7. The number of hydrogen-bond acceptors (Lipinski definition) is 16. The van der Waals surface area contributed by atoms with Crippen molar-refractivity contribution in [2.75, 3.05) is 21.3 Å². The summed E-state index contributed by atoms with van der Waals surface area (Å²) in [6, 6.07) is 41.3. The van der Waals surface area contributed by atoms with Crippen LogP contribution in [0.25, 0.3) is 89.2 Å². The first-order valence-corrected chi connectivity index (χ1v) is 34.4. The molecule has 8 aromatic heterocycles. The van der Waals surface area contributed by atoms with E-state index in [9.17, 15) is 57.1 Å². The Kier molecular flexibility index (Phi) is 21.7. The zero-order chi connectivity index (χ0) is 80.5. The Bertz CT molecular complexity index is 6150. The normalized spacial score (nSPS) is 11.6. The molecule has 113 heavy (non-hydrogen) atoms. The van der Waals surface area contributed by atoms with Crippen LogP contribution in [0.3, 0.4) is 0 Å². The zero-order valence-electron chi connectivity index (χ0n) is 60.3. The van der Waals surface area contributed by atoms with E-state index in [1.807, 2.05) is 62.4 Å². The summed E-state index contributed by atoms with van der Waals surface area (Å²) < 4.78 is 176. The van der Waals surface area contributed by atoms with E-state index in [2.05, 4.69) is 102 Å². The topological polar surface area (TPSA) is 266 Å². The number of benzene rings is 8. The summed E-state index contributed by atoms with van der Waals surface area (Å²) in [5.74, 6) is 0.770. The quantitative estimate of drug-likeness (QED) is 0.0529. The molecule has 0 spiro atoms. The summed E-state index contributed by atoms with van der Waals surface area (Å²) in [6.07, 6.45) is -13.7. The first-order valence-electron chi connectivity index (χ1n) is 34.0. The molecule has 0 amide bonds. The minimum absolute atomic E-state index is 0.00929. The van der Waals surface area contributed by atoms with Crippen LogP contribution < -0.4 is 21.3 Å². The van der Waals surface area contributed by atoms with Crippen molar-refractivity contribution in [3.05, 3.63) is 260 Å². The third-order valence-electron chi connectivity index (χ3n) is 18.2. The molecule has 0 fully saturated rings. The van der Waals surface area contributed by atoms with Gasteiger partial charge in [0.05, 0.1) is 38.1 Å². The fourth-order valence-corrected chi connectivity index (χ4v) is 12.0. The van der Waals surface area contributed by atoms with Crippen LogP contribution >= 0.6 is 11.6 Å². The van der Waals surface area contributed by atoms with E-state index in [1.165, 1.54) is 72.8 Å². The molecule has 0 aliphatic carbocycles. The van der Waals surface area contributed by atoms with Crippen LogP contribution in [-0.4, -0.2) is 80.7 Å². The predicted octanol–water partition coefficient (Wildman–Crippen LogP) is 21.8. The van der Waals surface area contributed by atoms with Gasteiger partial charge in [0, 0.05) is 89.5 Å². The Morgan fingerprint density at radius 2 is 0.628 bits per heavy atom. The lowest BCUT2D eigenvalue weighted by molar-refractivity contribution is -0.137. The number of fused-ring (bicyclic) bond motifs is 4. The van der Waals surface area contributed by atoms with Crippen molar-refractivity contribution in [2.45, 2.75) is 73.9 Å². The highest BCUT2D eigenvalue weighted by molar-refractivity contribution is 6.33. The second-order valence-electron chi connectivity index (χ2n) is 25.5. The van der Waals surface area contributed by atoms with E-state index in [1.54, 1.807) is 59.7 Å². The van der Waals surface area contributed by atoms with Gasteiger partial charge < -0.3 is 21.3 Å². The lowest BCUT2D eigenvalue weighted by Gasteiger charge is -2.15. The van der Waals surface area contributed by atoms with Crippen LogP contribution in [0, 0.1) is 78.7 Å². The Balaban J connectivity index is 0.000000132. The van der Waals surface area contributed by atoms with Crippen molar-refractivity contribution in [2.24, 2.45) is 0 Å². The Labute approximate surface area is 637 Å². The summed E-state index contributed by atoms with van der Waals surface area (Å²) in [7, 11) is 0. The maximum absolute atomic E-state index is 13.9. The number of rotatable bonds is 12. The van der Waals surface area contributed by atoms with Gasteiger partial charge in [-0.25, -0.2) is 57.4 Å². The molecule has 0 saturated heterocycles. The molecule has 0 aliphatic rings. The Morgan fingerprint density at radius 3 is 1.07 bits per heavy atom. The van der Waals surface area contributed by atoms with Gasteiger partial charge in [0.15, 0.2) is 52.4 Å². The van der Waals surface area contributed by atoms with Gasteiger partial charge in [0.25, 0.3) is 0 Å². The van der Waals surface area contributed by atoms with Gasteiger partial charge in [-0.2, -0.15) is 59.9 Å². The van der Waals surface area contributed by atoms with E-state index >= 15 is 0 Å². The molecule has 0 bridgehead atoms. The van der Waals surface area contributed by atoms with Crippen LogP contribution in [0.15, 0.2) is 170 Å². The van der Waals surface area contributed by atoms with Gasteiger partial charge in [0.2, 0.25) is 0 Å². The number of halogens is 14.